The molecule has 1 aliphatic rings. The molecule has 0 amide bonds. The molecule has 0 atom stereocenters. The van der Waals surface area contributed by atoms with Crippen LogP contribution in [0.3, 0.4) is 0 Å². The van der Waals surface area contributed by atoms with Crippen LogP contribution in [0.25, 0.3) is 10.8 Å². The zero-order valence-electron chi connectivity index (χ0n) is 12.1. The van der Waals surface area contributed by atoms with Gasteiger partial charge in [-0.25, -0.2) is 0 Å². The Kier molecular flexibility index (Phi) is 3.03. The van der Waals surface area contributed by atoms with E-state index in [4.69, 9.17) is 0 Å². The molecule has 1 aromatic carbocycles. The minimum Gasteiger partial charge on any atom is -0.145 e. The molecule has 0 aliphatic carbocycles. The van der Waals surface area contributed by atoms with Gasteiger partial charge in [-0.05, 0) is 44.4 Å². The van der Waals surface area contributed by atoms with Crippen LogP contribution in [-0.4, -0.2) is 8.07 Å². The molecule has 0 unspecified atom stereocenters. The van der Waals surface area contributed by atoms with Crippen molar-refractivity contribution >= 4 is 46.7 Å². The van der Waals surface area contributed by atoms with Gasteiger partial charge in [0.05, 0.1) is 0 Å². The quantitative estimate of drug-likeness (QED) is 0.566. The highest BCUT2D eigenvalue weighted by molar-refractivity contribution is 7.18. The summed E-state index contributed by atoms with van der Waals surface area (Å²) >= 11 is 3.73. The summed E-state index contributed by atoms with van der Waals surface area (Å²) in [6.07, 6.45) is 0. The second kappa shape index (κ2) is 4.80. The second-order valence-corrected chi connectivity index (χ2v) is 12.1. The third-order valence-electron chi connectivity index (χ3n) is 4.28. The number of thiophene rings is 2. The normalized spacial score (nSPS) is 16.3. The molecule has 3 heteroatoms. The Morgan fingerprint density at radius 2 is 1.43 bits per heavy atom. The van der Waals surface area contributed by atoms with E-state index in [0.717, 1.165) is 0 Å². The van der Waals surface area contributed by atoms with E-state index in [1.54, 1.807) is 10.4 Å². The lowest BCUT2D eigenvalue weighted by atomic mass is 10.0. The number of fused-ring (bicyclic) bond motifs is 1. The average Bonchev–Trinajstić information content (AvgIpc) is 3.19. The van der Waals surface area contributed by atoms with E-state index in [1.165, 1.54) is 20.9 Å². The van der Waals surface area contributed by atoms with Crippen molar-refractivity contribution in [1.82, 2.24) is 0 Å². The Hall–Kier alpha value is -1.42. The maximum absolute atomic E-state index is 2.49. The lowest BCUT2D eigenvalue weighted by molar-refractivity contribution is 1.67. The first kappa shape index (κ1) is 13.3. The molecule has 0 nitrogen and oxygen atoms in total. The van der Waals surface area contributed by atoms with Crippen LogP contribution in [0.15, 0.2) is 59.3 Å². The van der Waals surface area contributed by atoms with Crippen LogP contribution < -0.4 is 5.19 Å². The highest BCUT2D eigenvalue weighted by atomic mass is 32.1. The summed E-state index contributed by atoms with van der Waals surface area (Å²) in [4.78, 5) is 2.86. The highest BCUT2D eigenvalue weighted by Crippen LogP contribution is 2.45. The van der Waals surface area contributed by atoms with E-state index in [0.29, 0.717) is 0 Å². The maximum Gasteiger partial charge on any atom is 0.115 e. The summed E-state index contributed by atoms with van der Waals surface area (Å²) in [5.74, 6) is 0. The van der Waals surface area contributed by atoms with Crippen LogP contribution in [0.4, 0.5) is 0 Å². The van der Waals surface area contributed by atoms with E-state index >= 15 is 0 Å². The molecule has 4 rings (SSSR count). The van der Waals surface area contributed by atoms with Gasteiger partial charge in [0.1, 0.15) is 8.07 Å². The van der Waals surface area contributed by atoms with E-state index in [-0.39, 0.29) is 0 Å². The molecule has 0 N–H and O–H groups in total. The van der Waals surface area contributed by atoms with Crippen molar-refractivity contribution in [3.63, 3.8) is 0 Å². The van der Waals surface area contributed by atoms with Crippen molar-refractivity contribution in [2.24, 2.45) is 0 Å². The van der Waals surface area contributed by atoms with Crippen molar-refractivity contribution in [2.45, 2.75) is 13.1 Å². The van der Waals surface area contributed by atoms with Crippen LogP contribution in [-0.2, 0) is 0 Å². The fraction of sp³-hybridized carbons (Fsp3) is 0.111. The Balaban J connectivity index is 2.09. The van der Waals surface area contributed by atoms with Gasteiger partial charge in [0, 0.05) is 9.75 Å². The molecular weight excluding hydrogens is 308 g/mol. The van der Waals surface area contributed by atoms with Crippen molar-refractivity contribution in [3.05, 3.63) is 74.6 Å². The fourth-order valence-electron chi connectivity index (χ4n) is 3.36. The van der Waals surface area contributed by atoms with Crippen LogP contribution in [0, 0.1) is 0 Å². The zero-order valence-corrected chi connectivity index (χ0v) is 14.7. The van der Waals surface area contributed by atoms with E-state index in [2.05, 4.69) is 72.4 Å². The molecule has 21 heavy (non-hydrogen) atoms. The van der Waals surface area contributed by atoms with Gasteiger partial charge in [0.15, 0.2) is 0 Å². The molecule has 0 bridgehead atoms. The van der Waals surface area contributed by atoms with Gasteiger partial charge < -0.3 is 0 Å². The predicted octanol–water partition coefficient (Wildman–Crippen LogP) is 5.24. The van der Waals surface area contributed by atoms with E-state index in [1.807, 2.05) is 22.7 Å². The zero-order chi connectivity index (χ0) is 14.4. The Morgan fingerprint density at radius 3 is 2.10 bits per heavy atom. The second-order valence-electron chi connectivity index (χ2n) is 5.88. The minimum absolute atomic E-state index is 1.41. The molecule has 104 valence electrons. The van der Waals surface area contributed by atoms with Gasteiger partial charge in [-0.3, -0.25) is 0 Å². The monoisotopic (exact) mass is 324 g/mol. The Bertz CT molecular complexity index is 809. The maximum atomic E-state index is 2.49. The number of rotatable bonds is 2. The van der Waals surface area contributed by atoms with Crippen molar-refractivity contribution in [2.75, 3.05) is 0 Å². The summed E-state index contributed by atoms with van der Waals surface area (Å²) < 4.78 is 0. The first-order valence-electron chi connectivity index (χ1n) is 7.12. The minimum atomic E-state index is -1.62. The van der Waals surface area contributed by atoms with E-state index < -0.39 is 8.07 Å². The molecule has 0 radical (unpaired) electrons. The summed E-state index contributed by atoms with van der Waals surface area (Å²) in [5.41, 5.74) is 2.94. The van der Waals surface area contributed by atoms with Crippen LogP contribution >= 0.6 is 22.7 Å². The molecule has 3 aromatic rings. The van der Waals surface area contributed by atoms with Gasteiger partial charge in [-0.2, -0.15) is 0 Å². The molecule has 0 saturated heterocycles. The van der Waals surface area contributed by atoms with Crippen LogP contribution in [0.5, 0.6) is 0 Å². The lowest BCUT2D eigenvalue weighted by Gasteiger charge is -2.21. The van der Waals surface area contributed by atoms with Gasteiger partial charge in [0.25, 0.3) is 0 Å². The van der Waals surface area contributed by atoms with Gasteiger partial charge in [-0.15, -0.1) is 22.7 Å². The van der Waals surface area contributed by atoms with Gasteiger partial charge in [-0.1, -0.05) is 49.5 Å². The number of benzene rings is 1. The Morgan fingerprint density at radius 1 is 0.762 bits per heavy atom. The first-order valence-corrected chi connectivity index (χ1v) is 11.9. The summed E-state index contributed by atoms with van der Waals surface area (Å²) in [6.45, 7) is 4.98. The lowest BCUT2D eigenvalue weighted by Crippen LogP contribution is -2.40. The van der Waals surface area contributed by atoms with Crippen molar-refractivity contribution < 1.29 is 0 Å². The van der Waals surface area contributed by atoms with Crippen molar-refractivity contribution in [1.29, 1.82) is 0 Å². The molecular formula is C18H16S2Si. The van der Waals surface area contributed by atoms with Crippen LogP contribution in [0.1, 0.15) is 15.3 Å². The fourth-order valence-corrected chi connectivity index (χ4v) is 9.12. The molecule has 2 aromatic heterocycles. The SMILES string of the molecule is C[Si]1(C)C(c2cccs2)=C(c2cccs2)c2ccccc21. The summed E-state index contributed by atoms with van der Waals surface area (Å²) in [5, 5.41) is 7.57. The third-order valence-corrected chi connectivity index (χ3v) is 9.79. The average molecular weight is 325 g/mol. The number of hydrogen-bond acceptors (Lipinski definition) is 2. The van der Waals surface area contributed by atoms with Gasteiger partial charge >= 0.3 is 0 Å². The molecule has 0 spiro atoms. The highest BCUT2D eigenvalue weighted by Gasteiger charge is 2.41. The molecule has 0 fully saturated rings. The van der Waals surface area contributed by atoms with Crippen molar-refractivity contribution in [3.8, 4) is 0 Å². The topological polar surface area (TPSA) is 0 Å². The summed E-state index contributed by atoms with van der Waals surface area (Å²) in [6, 6.07) is 17.9. The predicted molar refractivity (Wildman–Crippen MR) is 98.1 cm³/mol. The third kappa shape index (κ3) is 1.92. The smallest absolute Gasteiger partial charge is 0.115 e. The Labute approximate surface area is 134 Å². The first-order chi connectivity index (χ1) is 10.2. The van der Waals surface area contributed by atoms with E-state index in [9.17, 15) is 0 Å². The summed E-state index contributed by atoms with van der Waals surface area (Å²) in [7, 11) is -1.62. The molecule has 1 aliphatic heterocycles. The molecule has 3 heterocycles. The molecule has 0 saturated carbocycles. The van der Waals surface area contributed by atoms with Gasteiger partial charge in [0.2, 0.25) is 0 Å². The number of hydrogen-bond donors (Lipinski definition) is 0. The van der Waals surface area contributed by atoms with Crippen LogP contribution in [0.2, 0.25) is 13.1 Å². The largest absolute Gasteiger partial charge is 0.145 e. The standard InChI is InChI=1S/C18H16S2Si/c1-21(2)16-10-4-3-7-13(16)17(14-8-5-11-19-14)18(21)15-9-6-12-20-15/h3-12H,1-2H3.